The van der Waals surface area contributed by atoms with Crippen molar-refractivity contribution in [2.75, 3.05) is 11.4 Å². The Hall–Kier alpha value is -1.16. The Morgan fingerprint density at radius 1 is 1.41 bits per heavy atom. The fourth-order valence-electron chi connectivity index (χ4n) is 2.16. The number of nitrogens with two attached hydrogens (primary N) is 1. The maximum absolute atomic E-state index is 5.64. The van der Waals surface area contributed by atoms with Crippen LogP contribution in [0.15, 0.2) is 18.3 Å². The summed E-state index contributed by atoms with van der Waals surface area (Å²) >= 11 is 4.99. The maximum atomic E-state index is 5.64. The second-order valence-corrected chi connectivity index (χ2v) is 5.53. The Kier molecular flexibility index (Phi) is 2.74. The molecule has 0 amide bonds. The Morgan fingerprint density at radius 3 is 2.76 bits per heavy atom. The van der Waals surface area contributed by atoms with Crippen molar-refractivity contribution in [3.8, 4) is 0 Å². The summed E-state index contributed by atoms with van der Waals surface area (Å²) < 4.78 is 0. The molecule has 1 heterocycles. The standard InChI is InChI=1S/C13H17N3S/c14-13(17)12-7-11(5-6-15-12)16(10-3-4-10)8-9-1-2-9/h5-7,9-10H,1-4,8H2,(H2,14,17). The van der Waals surface area contributed by atoms with Crippen LogP contribution in [0.1, 0.15) is 31.4 Å². The molecule has 3 rings (SSSR count). The van der Waals surface area contributed by atoms with Crippen LogP contribution in [0.2, 0.25) is 0 Å². The van der Waals surface area contributed by atoms with Crippen molar-refractivity contribution in [1.29, 1.82) is 0 Å². The Bertz CT molecular complexity index is 438. The van der Waals surface area contributed by atoms with Gasteiger partial charge in [-0.25, -0.2) is 0 Å². The fourth-order valence-corrected chi connectivity index (χ4v) is 2.27. The van der Waals surface area contributed by atoms with Crippen LogP contribution < -0.4 is 10.6 Å². The van der Waals surface area contributed by atoms with E-state index in [1.807, 2.05) is 12.3 Å². The molecule has 0 radical (unpaired) electrons. The highest BCUT2D eigenvalue weighted by atomic mass is 32.1. The maximum Gasteiger partial charge on any atom is 0.122 e. The highest BCUT2D eigenvalue weighted by Crippen LogP contribution is 2.37. The summed E-state index contributed by atoms with van der Waals surface area (Å²) in [6.07, 6.45) is 7.22. The summed E-state index contributed by atoms with van der Waals surface area (Å²) in [4.78, 5) is 7.10. The summed E-state index contributed by atoms with van der Waals surface area (Å²) in [6, 6.07) is 4.84. The molecule has 1 aromatic rings. The molecular weight excluding hydrogens is 230 g/mol. The van der Waals surface area contributed by atoms with E-state index in [2.05, 4.69) is 16.0 Å². The molecule has 3 nitrogen and oxygen atoms in total. The molecule has 90 valence electrons. The fraction of sp³-hybridized carbons (Fsp3) is 0.538. The Labute approximate surface area is 107 Å². The number of aromatic nitrogens is 1. The van der Waals surface area contributed by atoms with E-state index in [4.69, 9.17) is 18.0 Å². The minimum absolute atomic E-state index is 0.383. The first-order valence-corrected chi connectivity index (χ1v) is 6.67. The van der Waals surface area contributed by atoms with Crippen LogP contribution in [-0.4, -0.2) is 22.6 Å². The van der Waals surface area contributed by atoms with Gasteiger partial charge >= 0.3 is 0 Å². The third-order valence-corrected chi connectivity index (χ3v) is 3.68. The Morgan fingerprint density at radius 2 is 2.18 bits per heavy atom. The van der Waals surface area contributed by atoms with Crippen LogP contribution in [0.25, 0.3) is 0 Å². The van der Waals surface area contributed by atoms with Crippen molar-refractivity contribution in [1.82, 2.24) is 4.98 Å². The summed E-state index contributed by atoms with van der Waals surface area (Å²) in [5, 5.41) is 0. The van der Waals surface area contributed by atoms with Crippen LogP contribution in [-0.2, 0) is 0 Å². The van der Waals surface area contributed by atoms with Gasteiger partial charge in [0.25, 0.3) is 0 Å². The molecule has 0 spiro atoms. The first-order chi connectivity index (χ1) is 8.24. The van der Waals surface area contributed by atoms with Gasteiger partial charge in [0.1, 0.15) is 4.99 Å². The van der Waals surface area contributed by atoms with Crippen molar-refractivity contribution >= 4 is 22.9 Å². The molecule has 2 aliphatic rings. The highest BCUT2D eigenvalue weighted by molar-refractivity contribution is 7.80. The van der Waals surface area contributed by atoms with Crippen molar-refractivity contribution in [2.45, 2.75) is 31.7 Å². The summed E-state index contributed by atoms with van der Waals surface area (Å²) in [5.74, 6) is 0.900. The van der Waals surface area contributed by atoms with Crippen LogP contribution >= 0.6 is 12.2 Å². The average Bonchev–Trinajstić information content (AvgIpc) is 3.18. The smallest absolute Gasteiger partial charge is 0.122 e. The lowest BCUT2D eigenvalue weighted by atomic mass is 10.2. The normalized spacial score (nSPS) is 19.1. The lowest BCUT2D eigenvalue weighted by molar-refractivity contribution is 0.718. The second-order valence-electron chi connectivity index (χ2n) is 5.09. The minimum atomic E-state index is 0.383. The van der Waals surface area contributed by atoms with Gasteiger partial charge in [0.15, 0.2) is 0 Å². The summed E-state index contributed by atoms with van der Waals surface area (Å²) in [7, 11) is 0. The lowest BCUT2D eigenvalue weighted by Crippen LogP contribution is -2.28. The molecule has 2 aliphatic carbocycles. The molecule has 0 bridgehead atoms. The number of rotatable bonds is 5. The second kappa shape index (κ2) is 4.26. The molecule has 0 unspecified atom stereocenters. The van der Waals surface area contributed by atoms with Gasteiger partial charge in [-0.05, 0) is 43.7 Å². The van der Waals surface area contributed by atoms with Gasteiger partial charge in [0.2, 0.25) is 0 Å². The van der Waals surface area contributed by atoms with Crippen molar-refractivity contribution in [2.24, 2.45) is 11.7 Å². The van der Waals surface area contributed by atoms with E-state index in [0.717, 1.165) is 17.7 Å². The van der Waals surface area contributed by atoms with E-state index in [9.17, 15) is 0 Å². The number of anilines is 1. The first-order valence-electron chi connectivity index (χ1n) is 6.26. The van der Waals surface area contributed by atoms with Gasteiger partial charge in [0, 0.05) is 24.5 Å². The first kappa shape index (κ1) is 11.0. The largest absolute Gasteiger partial charge is 0.388 e. The molecule has 0 atom stereocenters. The molecule has 1 aromatic heterocycles. The SMILES string of the molecule is NC(=S)c1cc(N(CC2CC2)C2CC2)ccn1. The zero-order valence-corrected chi connectivity index (χ0v) is 10.6. The highest BCUT2D eigenvalue weighted by Gasteiger charge is 2.33. The Balaban J connectivity index is 1.83. The van der Waals surface area contributed by atoms with E-state index < -0.39 is 0 Å². The van der Waals surface area contributed by atoms with E-state index in [-0.39, 0.29) is 0 Å². The zero-order valence-electron chi connectivity index (χ0n) is 9.80. The van der Waals surface area contributed by atoms with Gasteiger partial charge in [-0.2, -0.15) is 0 Å². The molecule has 0 aliphatic heterocycles. The third-order valence-electron chi connectivity index (χ3n) is 3.47. The quantitative estimate of drug-likeness (QED) is 0.809. The number of hydrogen-bond acceptors (Lipinski definition) is 3. The van der Waals surface area contributed by atoms with Gasteiger partial charge in [-0.3, -0.25) is 4.98 Å². The van der Waals surface area contributed by atoms with Crippen molar-refractivity contribution < 1.29 is 0 Å². The zero-order chi connectivity index (χ0) is 11.8. The average molecular weight is 247 g/mol. The van der Waals surface area contributed by atoms with Gasteiger partial charge in [-0.15, -0.1) is 0 Å². The van der Waals surface area contributed by atoms with Gasteiger partial charge in [-0.1, -0.05) is 12.2 Å². The summed E-state index contributed by atoms with van der Waals surface area (Å²) in [6.45, 7) is 1.19. The third kappa shape index (κ3) is 2.57. The number of pyridine rings is 1. The van der Waals surface area contributed by atoms with E-state index in [1.165, 1.54) is 37.9 Å². The lowest BCUT2D eigenvalue weighted by Gasteiger charge is -2.24. The molecule has 2 N–H and O–H groups in total. The molecule has 17 heavy (non-hydrogen) atoms. The number of hydrogen-bond donors (Lipinski definition) is 1. The van der Waals surface area contributed by atoms with E-state index >= 15 is 0 Å². The van der Waals surface area contributed by atoms with Crippen LogP contribution in [0.4, 0.5) is 5.69 Å². The molecule has 0 aromatic carbocycles. The monoisotopic (exact) mass is 247 g/mol. The van der Waals surface area contributed by atoms with Crippen LogP contribution in [0.5, 0.6) is 0 Å². The predicted molar refractivity (Wildman–Crippen MR) is 73.2 cm³/mol. The van der Waals surface area contributed by atoms with Gasteiger partial charge < -0.3 is 10.6 Å². The van der Waals surface area contributed by atoms with E-state index in [1.54, 1.807) is 0 Å². The topological polar surface area (TPSA) is 42.1 Å². The predicted octanol–water partition coefficient (Wildman–Crippen LogP) is 2.09. The molecule has 2 saturated carbocycles. The van der Waals surface area contributed by atoms with Crippen molar-refractivity contribution in [3.05, 3.63) is 24.0 Å². The minimum Gasteiger partial charge on any atom is -0.388 e. The molecule has 0 saturated heterocycles. The summed E-state index contributed by atoms with van der Waals surface area (Å²) in [5.41, 5.74) is 7.61. The molecule has 4 heteroatoms. The van der Waals surface area contributed by atoms with Crippen LogP contribution in [0, 0.1) is 5.92 Å². The van der Waals surface area contributed by atoms with Crippen molar-refractivity contribution in [3.63, 3.8) is 0 Å². The number of nitrogens with zero attached hydrogens (tertiary/aromatic N) is 2. The van der Waals surface area contributed by atoms with E-state index in [0.29, 0.717) is 4.99 Å². The molecular formula is C13H17N3S. The molecule has 2 fully saturated rings. The van der Waals surface area contributed by atoms with Crippen LogP contribution in [0.3, 0.4) is 0 Å². The number of thiocarbonyl (C=S) groups is 1. The van der Waals surface area contributed by atoms with Gasteiger partial charge in [0.05, 0.1) is 5.69 Å².